The summed E-state index contributed by atoms with van der Waals surface area (Å²) in [5.74, 6) is 2.62. The van der Waals surface area contributed by atoms with Crippen LogP contribution in [-0.4, -0.2) is 41.8 Å². The van der Waals surface area contributed by atoms with Crippen LogP contribution in [0.4, 0.5) is 11.5 Å². The third kappa shape index (κ3) is 4.90. The van der Waals surface area contributed by atoms with Crippen LogP contribution in [0.5, 0.6) is 5.75 Å². The number of thiophene rings is 1. The minimum absolute atomic E-state index is 0.797. The molecular formula is C21H26N4OS. The lowest BCUT2D eigenvalue weighted by atomic mass is 9.94. The summed E-state index contributed by atoms with van der Waals surface area (Å²) < 4.78 is 5.93. The second kappa shape index (κ2) is 8.59. The fourth-order valence-corrected chi connectivity index (χ4v) is 4.11. The average Bonchev–Trinajstić information content (AvgIpc) is 3.36. The van der Waals surface area contributed by atoms with Gasteiger partial charge in [-0.05, 0) is 81.0 Å². The van der Waals surface area contributed by atoms with Crippen molar-refractivity contribution in [2.75, 3.05) is 32.1 Å². The van der Waals surface area contributed by atoms with Crippen LogP contribution < -0.4 is 10.1 Å². The number of piperidine rings is 1. The summed E-state index contributed by atoms with van der Waals surface area (Å²) in [5.41, 5.74) is 1.97. The van der Waals surface area contributed by atoms with Crippen LogP contribution >= 0.6 is 11.3 Å². The monoisotopic (exact) mass is 382 g/mol. The van der Waals surface area contributed by atoms with E-state index in [1.165, 1.54) is 25.9 Å². The third-order valence-corrected chi connectivity index (χ3v) is 6.01. The summed E-state index contributed by atoms with van der Waals surface area (Å²) in [6, 6.07) is 14.3. The van der Waals surface area contributed by atoms with Crippen LogP contribution in [-0.2, 0) is 0 Å². The zero-order valence-electron chi connectivity index (χ0n) is 15.6. The molecule has 3 aromatic rings. The maximum Gasteiger partial charge on any atom is 0.126 e. The maximum atomic E-state index is 5.93. The van der Waals surface area contributed by atoms with E-state index in [0.29, 0.717) is 0 Å². The molecule has 27 heavy (non-hydrogen) atoms. The van der Waals surface area contributed by atoms with E-state index < -0.39 is 0 Å². The molecule has 0 amide bonds. The fraction of sp³-hybridized carbons (Fsp3) is 0.381. The highest BCUT2D eigenvalue weighted by atomic mass is 32.1. The number of aromatic nitrogens is 2. The van der Waals surface area contributed by atoms with E-state index in [4.69, 9.17) is 4.74 Å². The zero-order valence-corrected chi connectivity index (χ0v) is 16.5. The van der Waals surface area contributed by atoms with Gasteiger partial charge in [-0.3, -0.25) is 5.10 Å². The summed E-state index contributed by atoms with van der Waals surface area (Å²) in [7, 11) is 2.20. The third-order valence-electron chi connectivity index (χ3n) is 5.12. The Morgan fingerprint density at radius 3 is 2.78 bits per heavy atom. The standard InChI is InChI=1S/C21H26N4OS/c1-25-11-8-16(9-12-25)10-13-26-18-6-4-17(5-7-18)22-21-15-19(23-24-21)20-3-2-14-27-20/h2-7,14-16H,8-13H2,1H3,(H2,22,23,24). The largest absolute Gasteiger partial charge is 0.494 e. The number of benzene rings is 1. The first-order valence-corrected chi connectivity index (χ1v) is 10.4. The molecule has 1 saturated heterocycles. The SMILES string of the molecule is CN1CCC(CCOc2ccc(Nc3cc(-c4cccs4)n[nH]3)cc2)CC1. The van der Waals surface area contributed by atoms with Gasteiger partial charge in [0.1, 0.15) is 17.3 Å². The van der Waals surface area contributed by atoms with Crippen LogP contribution in [0.3, 0.4) is 0 Å². The molecule has 0 unspecified atom stereocenters. The topological polar surface area (TPSA) is 53.2 Å². The van der Waals surface area contributed by atoms with E-state index in [9.17, 15) is 0 Å². The molecule has 142 valence electrons. The van der Waals surface area contributed by atoms with Crippen molar-refractivity contribution in [1.29, 1.82) is 0 Å². The van der Waals surface area contributed by atoms with Gasteiger partial charge in [0.25, 0.3) is 0 Å². The molecule has 3 heterocycles. The van der Waals surface area contributed by atoms with Crippen molar-refractivity contribution >= 4 is 22.8 Å². The van der Waals surface area contributed by atoms with Gasteiger partial charge in [0.15, 0.2) is 0 Å². The van der Waals surface area contributed by atoms with E-state index in [0.717, 1.165) is 46.8 Å². The molecule has 2 N–H and O–H groups in total. The number of H-pyrrole nitrogens is 1. The van der Waals surface area contributed by atoms with Gasteiger partial charge in [-0.1, -0.05) is 6.07 Å². The van der Waals surface area contributed by atoms with Gasteiger partial charge in [0, 0.05) is 11.8 Å². The van der Waals surface area contributed by atoms with Crippen LogP contribution in [0, 0.1) is 5.92 Å². The van der Waals surface area contributed by atoms with Crippen molar-refractivity contribution in [3.8, 4) is 16.3 Å². The molecule has 6 heteroatoms. The van der Waals surface area contributed by atoms with Crippen molar-refractivity contribution in [3.63, 3.8) is 0 Å². The zero-order chi connectivity index (χ0) is 18.5. The first kappa shape index (κ1) is 18.1. The van der Waals surface area contributed by atoms with E-state index in [2.05, 4.69) is 38.9 Å². The van der Waals surface area contributed by atoms with Gasteiger partial charge < -0.3 is 15.0 Å². The minimum atomic E-state index is 0.797. The van der Waals surface area contributed by atoms with E-state index in [1.807, 2.05) is 36.4 Å². The van der Waals surface area contributed by atoms with Crippen LogP contribution in [0.1, 0.15) is 19.3 Å². The molecular weight excluding hydrogens is 356 g/mol. The highest BCUT2D eigenvalue weighted by Crippen LogP contribution is 2.26. The Balaban J connectivity index is 1.25. The number of anilines is 2. The number of hydrogen-bond donors (Lipinski definition) is 2. The van der Waals surface area contributed by atoms with Gasteiger partial charge in [-0.25, -0.2) is 0 Å². The molecule has 0 aliphatic carbocycles. The average molecular weight is 383 g/mol. The van der Waals surface area contributed by atoms with Crippen molar-refractivity contribution in [3.05, 3.63) is 47.8 Å². The van der Waals surface area contributed by atoms with E-state index in [1.54, 1.807) is 11.3 Å². The van der Waals surface area contributed by atoms with Gasteiger partial charge in [0.05, 0.1) is 11.5 Å². The summed E-state index contributed by atoms with van der Waals surface area (Å²) in [5, 5.41) is 12.8. The maximum absolute atomic E-state index is 5.93. The van der Waals surface area contributed by atoms with Gasteiger partial charge >= 0.3 is 0 Å². The highest BCUT2D eigenvalue weighted by Gasteiger charge is 2.16. The first-order chi connectivity index (χ1) is 13.3. The van der Waals surface area contributed by atoms with E-state index >= 15 is 0 Å². The molecule has 0 saturated carbocycles. The Morgan fingerprint density at radius 1 is 1.22 bits per heavy atom. The molecule has 1 fully saturated rings. The Kier molecular flexibility index (Phi) is 5.75. The predicted octanol–water partition coefficient (Wildman–Crippen LogP) is 4.99. The van der Waals surface area contributed by atoms with Crippen molar-refractivity contribution < 1.29 is 4.74 Å². The molecule has 1 aliphatic rings. The second-order valence-electron chi connectivity index (χ2n) is 7.18. The molecule has 5 nitrogen and oxygen atoms in total. The highest BCUT2D eigenvalue weighted by molar-refractivity contribution is 7.13. The van der Waals surface area contributed by atoms with Gasteiger partial charge in [0.2, 0.25) is 0 Å². The number of nitrogens with one attached hydrogen (secondary N) is 2. The lowest BCUT2D eigenvalue weighted by Crippen LogP contribution is -2.30. The Bertz CT molecular complexity index is 820. The minimum Gasteiger partial charge on any atom is -0.494 e. The lowest BCUT2D eigenvalue weighted by molar-refractivity contribution is 0.187. The van der Waals surface area contributed by atoms with Crippen molar-refractivity contribution in [2.45, 2.75) is 19.3 Å². The summed E-state index contributed by atoms with van der Waals surface area (Å²) in [6.45, 7) is 3.23. The van der Waals surface area contributed by atoms with Crippen molar-refractivity contribution in [2.24, 2.45) is 5.92 Å². The Labute approximate surface area is 164 Å². The molecule has 0 bridgehead atoms. The van der Waals surface area contributed by atoms with Crippen molar-refractivity contribution in [1.82, 2.24) is 15.1 Å². The number of rotatable bonds is 7. The molecule has 2 aromatic heterocycles. The summed E-state index contributed by atoms with van der Waals surface area (Å²) in [4.78, 5) is 3.57. The predicted molar refractivity (Wildman–Crippen MR) is 112 cm³/mol. The molecule has 0 atom stereocenters. The van der Waals surface area contributed by atoms with E-state index in [-0.39, 0.29) is 0 Å². The molecule has 1 aromatic carbocycles. The number of hydrogen-bond acceptors (Lipinski definition) is 5. The molecule has 4 rings (SSSR count). The number of aromatic amines is 1. The molecule has 0 spiro atoms. The van der Waals surface area contributed by atoms with Crippen LogP contribution in [0.2, 0.25) is 0 Å². The van der Waals surface area contributed by atoms with Crippen LogP contribution in [0.15, 0.2) is 47.8 Å². The Hall–Kier alpha value is -2.31. The van der Waals surface area contributed by atoms with Gasteiger partial charge in [-0.15, -0.1) is 11.3 Å². The first-order valence-electron chi connectivity index (χ1n) is 9.54. The Morgan fingerprint density at radius 2 is 2.04 bits per heavy atom. The number of ether oxygens (including phenoxy) is 1. The normalized spacial score (nSPS) is 15.7. The summed E-state index contributed by atoms with van der Waals surface area (Å²) >= 11 is 1.69. The molecule has 1 aliphatic heterocycles. The summed E-state index contributed by atoms with van der Waals surface area (Å²) in [6.07, 6.45) is 3.73. The van der Waals surface area contributed by atoms with Crippen LogP contribution in [0.25, 0.3) is 10.6 Å². The van der Waals surface area contributed by atoms with Gasteiger partial charge in [-0.2, -0.15) is 5.10 Å². The quantitative estimate of drug-likeness (QED) is 0.604. The fourth-order valence-electron chi connectivity index (χ4n) is 3.42. The lowest BCUT2D eigenvalue weighted by Gasteiger charge is -2.28. The second-order valence-corrected chi connectivity index (χ2v) is 8.13. The smallest absolute Gasteiger partial charge is 0.126 e. The number of likely N-dealkylation sites (tertiary alicyclic amines) is 1. The number of nitrogens with zero attached hydrogens (tertiary/aromatic N) is 2. The molecule has 0 radical (unpaired) electrons.